The Morgan fingerprint density at radius 3 is 2.58 bits per heavy atom. The van der Waals surface area contributed by atoms with Crippen molar-refractivity contribution in [3.8, 4) is 0 Å². The summed E-state index contributed by atoms with van der Waals surface area (Å²) in [6, 6.07) is 11.5. The first kappa shape index (κ1) is 17.8. The fraction of sp³-hybridized carbons (Fsp3) is 0.0625. The minimum atomic E-state index is -0.598. The highest BCUT2D eigenvalue weighted by Crippen LogP contribution is 2.34. The highest BCUT2D eigenvalue weighted by atomic mass is 32.2. The van der Waals surface area contributed by atoms with E-state index >= 15 is 0 Å². The fourth-order valence-electron chi connectivity index (χ4n) is 2.15. The summed E-state index contributed by atoms with van der Waals surface area (Å²) in [4.78, 5) is 48.1. The predicted molar refractivity (Wildman–Crippen MR) is 98.7 cm³/mol. The third-order valence-corrected chi connectivity index (χ3v) is 5.19. The van der Waals surface area contributed by atoms with Gasteiger partial charge in [-0.05, 0) is 36.0 Å². The van der Waals surface area contributed by atoms with Crippen LogP contribution >= 0.6 is 23.1 Å². The summed E-state index contributed by atoms with van der Waals surface area (Å²) in [7, 11) is 0. The summed E-state index contributed by atoms with van der Waals surface area (Å²) in [5, 5.41) is 12.7. The van der Waals surface area contributed by atoms with Crippen molar-refractivity contribution in [2.45, 2.75) is 0 Å². The number of anilines is 1. The maximum absolute atomic E-state index is 12.4. The molecule has 2 aromatic rings. The van der Waals surface area contributed by atoms with Crippen molar-refractivity contribution in [1.29, 1.82) is 0 Å². The largest absolute Gasteiger partial charge is 0.325 e. The number of thioether (sulfide) groups is 1. The summed E-state index contributed by atoms with van der Waals surface area (Å²) in [5.74, 6) is -1.09. The van der Waals surface area contributed by atoms with Gasteiger partial charge in [-0.15, -0.1) is 0 Å². The molecule has 1 saturated heterocycles. The van der Waals surface area contributed by atoms with Crippen LogP contribution in [0.5, 0.6) is 0 Å². The number of hydrogen-bond acceptors (Lipinski definition) is 7. The van der Waals surface area contributed by atoms with Gasteiger partial charge >= 0.3 is 5.00 Å². The molecule has 3 amide bonds. The lowest BCUT2D eigenvalue weighted by atomic mass is 10.3. The molecule has 1 N–H and O–H groups in total. The molecular formula is C16H11N3O5S2. The number of thiophene rings is 1. The second-order valence-corrected chi connectivity index (χ2v) is 7.20. The van der Waals surface area contributed by atoms with Gasteiger partial charge in [0, 0.05) is 16.6 Å². The Hall–Kier alpha value is -2.98. The molecule has 10 heteroatoms. The van der Waals surface area contributed by atoms with E-state index in [1.54, 1.807) is 30.3 Å². The van der Waals surface area contributed by atoms with Gasteiger partial charge in [-0.1, -0.05) is 29.5 Å². The third kappa shape index (κ3) is 3.98. The van der Waals surface area contributed by atoms with Crippen molar-refractivity contribution in [3.63, 3.8) is 0 Å². The predicted octanol–water partition coefficient (Wildman–Crippen LogP) is 3.33. The molecule has 0 saturated carbocycles. The molecule has 1 aromatic heterocycles. The Morgan fingerprint density at radius 1 is 1.19 bits per heavy atom. The first-order chi connectivity index (χ1) is 12.4. The molecular weight excluding hydrogens is 378 g/mol. The van der Waals surface area contributed by atoms with E-state index in [9.17, 15) is 24.5 Å². The summed E-state index contributed by atoms with van der Waals surface area (Å²) < 4.78 is 0. The average Bonchev–Trinajstić information content (AvgIpc) is 3.17. The van der Waals surface area contributed by atoms with E-state index < -0.39 is 28.5 Å². The Morgan fingerprint density at radius 2 is 1.92 bits per heavy atom. The molecule has 26 heavy (non-hydrogen) atoms. The van der Waals surface area contributed by atoms with E-state index in [0.29, 0.717) is 22.3 Å². The van der Waals surface area contributed by atoms with Crippen molar-refractivity contribution in [3.05, 3.63) is 62.4 Å². The van der Waals surface area contributed by atoms with Crippen LogP contribution in [0.3, 0.4) is 0 Å². The van der Waals surface area contributed by atoms with Gasteiger partial charge in [0.2, 0.25) is 5.91 Å². The van der Waals surface area contributed by atoms with Gasteiger partial charge in [0.1, 0.15) is 6.54 Å². The van der Waals surface area contributed by atoms with E-state index in [4.69, 9.17) is 0 Å². The first-order valence-electron chi connectivity index (χ1n) is 7.28. The van der Waals surface area contributed by atoms with Gasteiger partial charge in [-0.25, -0.2) is 0 Å². The number of carbonyl (C=O) groups is 3. The lowest BCUT2D eigenvalue weighted by Gasteiger charge is -2.12. The third-order valence-electron chi connectivity index (χ3n) is 3.30. The smallest absolute Gasteiger partial charge is 0.324 e. The molecule has 8 nitrogen and oxygen atoms in total. The number of rotatable bonds is 5. The van der Waals surface area contributed by atoms with Crippen molar-refractivity contribution < 1.29 is 19.3 Å². The SMILES string of the molecule is O=C(CN1C(=O)S/C(=C\c2ccc([N+](=O)[O-])s2)C1=O)Nc1ccccc1. The van der Waals surface area contributed by atoms with Crippen LogP contribution in [-0.2, 0) is 9.59 Å². The Balaban J connectivity index is 1.69. The maximum Gasteiger partial charge on any atom is 0.324 e. The van der Waals surface area contributed by atoms with E-state index in [0.717, 1.165) is 16.2 Å². The van der Waals surface area contributed by atoms with E-state index in [2.05, 4.69) is 5.32 Å². The Kier molecular flexibility index (Phi) is 5.14. The number of nitrogens with zero attached hydrogens (tertiary/aromatic N) is 2. The number of nitro groups is 1. The topological polar surface area (TPSA) is 110 Å². The van der Waals surface area contributed by atoms with Crippen molar-refractivity contribution in [2.24, 2.45) is 0 Å². The van der Waals surface area contributed by atoms with Crippen LogP contribution in [0.25, 0.3) is 6.08 Å². The molecule has 0 unspecified atom stereocenters. The zero-order valence-corrected chi connectivity index (χ0v) is 14.7. The van der Waals surface area contributed by atoms with Crippen LogP contribution in [-0.4, -0.2) is 33.4 Å². The molecule has 2 heterocycles. The number of para-hydroxylation sites is 1. The fourth-order valence-corrected chi connectivity index (χ4v) is 3.82. The highest BCUT2D eigenvalue weighted by molar-refractivity contribution is 8.18. The van der Waals surface area contributed by atoms with Gasteiger partial charge in [0.15, 0.2) is 0 Å². The Bertz CT molecular complexity index is 923. The van der Waals surface area contributed by atoms with Crippen molar-refractivity contribution in [1.82, 2.24) is 4.90 Å². The molecule has 0 atom stereocenters. The van der Waals surface area contributed by atoms with E-state index in [1.165, 1.54) is 18.2 Å². The lowest BCUT2D eigenvalue weighted by molar-refractivity contribution is -0.380. The molecule has 3 rings (SSSR count). The zero-order valence-electron chi connectivity index (χ0n) is 13.1. The Labute approximate surface area is 155 Å². The van der Waals surface area contributed by atoms with Gasteiger partial charge < -0.3 is 5.32 Å². The molecule has 1 fully saturated rings. The molecule has 0 bridgehead atoms. The summed E-state index contributed by atoms with van der Waals surface area (Å²) in [5.41, 5.74) is 0.561. The van der Waals surface area contributed by atoms with Crippen LogP contribution < -0.4 is 5.32 Å². The van der Waals surface area contributed by atoms with Crippen LogP contribution in [0.4, 0.5) is 15.5 Å². The van der Waals surface area contributed by atoms with Crippen LogP contribution in [0, 0.1) is 10.1 Å². The molecule has 0 aliphatic carbocycles. The number of hydrogen-bond donors (Lipinski definition) is 1. The maximum atomic E-state index is 12.4. The van der Waals surface area contributed by atoms with Gasteiger partial charge in [-0.3, -0.25) is 29.4 Å². The van der Waals surface area contributed by atoms with Gasteiger partial charge in [-0.2, -0.15) is 0 Å². The number of amides is 3. The second-order valence-electron chi connectivity index (χ2n) is 5.12. The number of carbonyl (C=O) groups excluding carboxylic acids is 3. The molecule has 132 valence electrons. The molecule has 1 aliphatic rings. The number of benzene rings is 1. The van der Waals surface area contributed by atoms with E-state index in [-0.39, 0.29) is 9.91 Å². The highest BCUT2D eigenvalue weighted by Gasteiger charge is 2.36. The van der Waals surface area contributed by atoms with Gasteiger partial charge in [0.25, 0.3) is 11.1 Å². The zero-order chi connectivity index (χ0) is 18.7. The summed E-state index contributed by atoms with van der Waals surface area (Å²) in [6.45, 7) is -0.401. The lowest BCUT2D eigenvalue weighted by Crippen LogP contribution is -2.36. The van der Waals surface area contributed by atoms with Gasteiger partial charge in [0.05, 0.1) is 9.83 Å². The molecule has 1 aromatic carbocycles. The minimum Gasteiger partial charge on any atom is -0.325 e. The molecule has 0 radical (unpaired) electrons. The monoisotopic (exact) mass is 389 g/mol. The van der Waals surface area contributed by atoms with Crippen molar-refractivity contribution in [2.75, 3.05) is 11.9 Å². The second kappa shape index (κ2) is 7.50. The van der Waals surface area contributed by atoms with Crippen LogP contribution in [0.2, 0.25) is 0 Å². The summed E-state index contributed by atoms with van der Waals surface area (Å²) in [6.07, 6.45) is 1.41. The normalized spacial score (nSPS) is 15.5. The molecule has 0 spiro atoms. The van der Waals surface area contributed by atoms with E-state index in [1.807, 2.05) is 0 Å². The van der Waals surface area contributed by atoms with Crippen LogP contribution in [0.1, 0.15) is 4.88 Å². The minimum absolute atomic E-state index is 0.0577. The molecule has 1 aliphatic heterocycles. The van der Waals surface area contributed by atoms with Crippen molar-refractivity contribution >= 4 is 56.9 Å². The quantitative estimate of drug-likeness (QED) is 0.477. The number of nitrogens with one attached hydrogen (secondary N) is 1. The standard InChI is InChI=1S/C16H11N3O5S2/c20-13(17-10-4-2-1-3-5-10)9-18-15(21)12(26-16(18)22)8-11-6-7-14(25-11)19(23)24/h1-8H,9H2,(H,17,20)/b12-8-. The van der Waals surface area contributed by atoms with Crippen LogP contribution in [0.15, 0.2) is 47.4 Å². The summed E-state index contributed by atoms with van der Waals surface area (Å²) >= 11 is 1.60. The average molecular weight is 389 g/mol. The number of imide groups is 1. The first-order valence-corrected chi connectivity index (χ1v) is 8.92.